The number of aromatic amines is 1. The van der Waals surface area contributed by atoms with Gasteiger partial charge in [-0.1, -0.05) is 0 Å². The maximum absolute atomic E-state index is 13.0. The number of H-pyrrole nitrogens is 1. The van der Waals surface area contributed by atoms with Crippen LogP contribution in [0.1, 0.15) is 23.7 Å². The van der Waals surface area contributed by atoms with E-state index in [-0.39, 0.29) is 11.3 Å². The number of nitrogens with zero attached hydrogens (tertiary/aromatic N) is 3. The molecule has 3 aromatic rings. The molecule has 9 nitrogen and oxygen atoms in total. The van der Waals surface area contributed by atoms with Gasteiger partial charge in [-0.25, -0.2) is 0 Å². The quantitative estimate of drug-likeness (QED) is 0.628. The Morgan fingerprint density at radius 3 is 2.90 bits per heavy atom. The molecule has 2 fully saturated rings. The van der Waals surface area contributed by atoms with E-state index in [1.165, 1.54) is 0 Å². The predicted octanol–water partition coefficient (Wildman–Crippen LogP) is 2.97. The molecule has 0 unspecified atom stereocenters. The van der Waals surface area contributed by atoms with Gasteiger partial charge in [-0.05, 0) is 37.6 Å². The normalized spacial score (nSPS) is 17.0. The van der Waals surface area contributed by atoms with Crippen molar-refractivity contribution < 1.29 is 19.0 Å². The zero-order valence-electron chi connectivity index (χ0n) is 17.6. The first-order chi connectivity index (χ1) is 15.1. The molecule has 0 radical (unpaired) electrons. The molecule has 2 aromatic heterocycles. The number of nitrogens with one attached hydrogen (secondary N) is 2. The van der Waals surface area contributed by atoms with Crippen molar-refractivity contribution in [2.75, 3.05) is 45.3 Å². The number of anilines is 2. The van der Waals surface area contributed by atoms with Crippen molar-refractivity contribution in [2.24, 2.45) is 5.41 Å². The van der Waals surface area contributed by atoms with E-state index in [9.17, 15) is 4.79 Å². The first-order valence-electron chi connectivity index (χ1n) is 10.4. The van der Waals surface area contributed by atoms with E-state index < -0.39 is 0 Å². The van der Waals surface area contributed by atoms with E-state index in [2.05, 4.69) is 20.3 Å². The van der Waals surface area contributed by atoms with Crippen molar-refractivity contribution in [3.63, 3.8) is 0 Å². The predicted molar refractivity (Wildman–Crippen MR) is 115 cm³/mol. The zero-order chi connectivity index (χ0) is 21.4. The first kappa shape index (κ1) is 19.6. The third kappa shape index (κ3) is 3.54. The maximum atomic E-state index is 13.0. The highest BCUT2D eigenvalue weighted by molar-refractivity contribution is 5.95. The lowest BCUT2D eigenvalue weighted by atomic mass is 9.85. The van der Waals surface area contributed by atoms with Crippen LogP contribution in [0.4, 0.5) is 11.6 Å². The van der Waals surface area contributed by atoms with Crippen LogP contribution in [0.25, 0.3) is 11.0 Å². The second kappa shape index (κ2) is 7.73. The van der Waals surface area contributed by atoms with E-state index in [1.54, 1.807) is 25.4 Å². The molecule has 31 heavy (non-hydrogen) atoms. The van der Waals surface area contributed by atoms with Gasteiger partial charge in [-0.15, -0.1) is 0 Å². The minimum absolute atomic E-state index is 0.0105. The molecule has 0 saturated carbocycles. The number of aromatic nitrogens is 3. The highest BCUT2D eigenvalue weighted by Crippen LogP contribution is 2.38. The lowest BCUT2D eigenvalue weighted by Gasteiger charge is -2.37. The van der Waals surface area contributed by atoms with E-state index in [4.69, 9.17) is 14.2 Å². The number of fused-ring (bicyclic) bond motifs is 1. The summed E-state index contributed by atoms with van der Waals surface area (Å²) in [7, 11) is 1.58. The molecule has 2 saturated heterocycles. The molecule has 0 bridgehead atoms. The molecule has 1 aromatic carbocycles. The molecule has 5 rings (SSSR count). The van der Waals surface area contributed by atoms with Crippen molar-refractivity contribution in [2.45, 2.75) is 13.3 Å². The van der Waals surface area contributed by atoms with E-state index in [0.717, 1.165) is 38.1 Å². The van der Waals surface area contributed by atoms with Crippen LogP contribution in [0.2, 0.25) is 0 Å². The largest absolute Gasteiger partial charge is 0.495 e. The second-order valence-corrected chi connectivity index (χ2v) is 8.03. The number of hydrogen-bond acceptors (Lipinski definition) is 7. The van der Waals surface area contributed by atoms with Gasteiger partial charge in [0, 0.05) is 30.3 Å². The van der Waals surface area contributed by atoms with Gasteiger partial charge < -0.3 is 29.4 Å². The van der Waals surface area contributed by atoms with Gasteiger partial charge in [-0.2, -0.15) is 9.97 Å². The minimum Gasteiger partial charge on any atom is -0.495 e. The number of amides is 1. The Bertz CT molecular complexity index is 1120. The lowest BCUT2D eigenvalue weighted by molar-refractivity contribution is -0.103. The summed E-state index contributed by atoms with van der Waals surface area (Å²) in [6, 6.07) is 7.24. The smallest absolute Gasteiger partial charge is 0.254 e. The first-order valence-corrected chi connectivity index (χ1v) is 10.4. The standard InChI is InChI=1S/C22H25N5O4/c1-3-31-19-15-6-8-23-18(15)25-21(26-19)24-16-5-4-14(10-17(16)29-2)20(28)27-9-7-22(11-27)12-30-13-22/h4-6,8,10H,3,7,9,11-13H2,1-2H3,(H2,23,24,25,26). The van der Waals surface area contributed by atoms with Crippen LogP contribution in [0.3, 0.4) is 0 Å². The molecule has 0 aliphatic carbocycles. The Hall–Kier alpha value is -3.33. The zero-order valence-corrected chi connectivity index (χ0v) is 17.6. The maximum Gasteiger partial charge on any atom is 0.254 e. The number of carbonyl (C=O) groups excluding carboxylic acids is 1. The Balaban J connectivity index is 1.38. The molecule has 0 atom stereocenters. The molecular weight excluding hydrogens is 398 g/mol. The van der Waals surface area contributed by atoms with Gasteiger partial charge in [0.05, 0.1) is 38.0 Å². The molecule has 162 valence electrons. The van der Waals surface area contributed by atoms with Crippen LogP contribution >= 0.6 is 0 Å². The fourth-order valence-electron chi connectivity index (χ4n) is 4.18. The van der Waals surface area contributed by atoms with Gasteiger partial charge in [0.25, 0.3) is 5.91 Å². The Labute approximate surface area is 179 Å². The van der Waals surface area contributed by atoms with Crippen molar-refractivity contribution in [3.05, 3.63) is 36.0 Å². The average Bonchev–Trinajstić information content (AvgIpc) is 3.41. The van der Waals surface area contributed by atoms with Crippen molar-refractivity contribution >= 4 is 28.6 Å². The summed E-state index contributed by atoms with van der Waals surface area (Å²) in [5.74, 6) is 1.43. The number of carbonyl (C=O) groups is 1. The third-order valence-corrected chi connectivity index (χ3v) is 5.90. The fraction of sp³-hybridized carbons (Fsp3) is 0.409. The Morgan fingerprint density at radius 1 is 1.32 bits per heavy atom. The van der Waals surface area contributed by atoms with Crippen molar-refractivity contribution in [3.8, 4) is 11.6 Å². The molecule has 9 heteroatoms. The number of hydrogen-bond donors (Lipinski definition) is 2. The van der Waals surface area contributed by atoms with Crippen LogP contribution in [-0.2, 0) is 4.74 Å². The summed E-state index contributed by atoms with van der Waals surface area (Å²) < 4.78 is 16.6. The average molecular weight is 423 g/mol. The van der Waals surface area contributed by atoms with E-state index >= 15 is 0 Å². The summed E-state index contributed by atoms with van der Waals surface area (Å²) in [5.41, 5.74) is 2.09. The Morgan fingerprint density at radius 2 is 2.19 bits per heavy atom. The highest BCUT2D eigenvalue weighted by atomic mass is 16.5. The third-order valence-electron chi connectivity index (χ3n) is 5.90. The molecule has 4 heterocycles. The van der Waals surface area contributed by atoms with Crippen LogP contribution in [0.5, 0.6) is 11.6 Å². The minimum atomic E-state index is 0.0105. The molecular formula is C22H25N5O4. The van der Waals surface area contributed by atoms with Gasteiger partial charge in [-0.3, -0.25) is 4.79 Å². The van der Waals surface area contributed by atoms with Gasteiger partial charge in [0.2, 0.25) is 11.8 Å². The van der Waals surface area contributed by atoms with E-state index in [0.29, 0.717) is 41.1 Å². The SMILES string of the molecule is CCOc1nc(Nc2ccc(C(=O)N3CCC4(COC4)C3)cc2OC)nc2[nH]ccc12. The number of rotatable bonds is 6. The number of methoxy groups -OCH3 is 1. The summed E-state index contributed by atoms with van der Waals surface area (Å²) in [6.07, 6.45) is 2.79. The lowest BCUT2D eigenvalue weighted by Crippen LogP contribution is -2.45. The number of benzene rings is 1. The summed E-state index contributed by atoms with van der Waals surface area (Å²) in [6.45, 7) is 5.41. The number of likely N-dealkylation sites (tertiary alicyclic amines) is 1. The summed E-state index contributed by atoms with van der Waals surface area (Å²) in [5, 5.41) is 4.00. The summed E-state index contributed by atoms with van der Waals surface area (Å²) >= 11 is 0. The fourth-order valence-corrected chi connectivity index (χ4v) is 4.18. The molecule has 2 aliphatic rings. The topological polar surface area (TPSA) is 102 Å². The van der Waals surface area contributed by atoms with Gasteiger partial charge in [0.1, 0.15) is 11.4 Å². The van der Waals surface area contributed by atoms with Crippen LogP contribution in [-0.4, -0.2) is 65.8 Å². The second-order valence-electron chi connectivity index (χ2n) is 8.03. The molecule has 2 N–H and O–H groups in total. The van der Waals surface area contributed by atoms with Crippen LogP contribution in [0.15, 0.2) is 30.5 Å². The van der Waals surface area contributed by atoms with Gasteiger partial charge >= 0.3 is 0 Å². The van der Waals surface area contributed by atoms with Crippen LogP contribution in [0, 0.1) is 5.41 Å². The summed E-state index contributed by atoms with van der Waals surface area (Å²) in [4.78, 5) is 27.0. The highest BCUT2D eigenvalue weighted by Gasteiger charge is 2.45. The molecule has 2 aliphatic heterocycles. The van der Waals surface area contributed by atoms with Crippen LogP contribution < -0.4 is 14.8 Å². The molecule has 1 spiro atoms. The monoisotopic (exact) mass is 423 g/mol. The Kier molecular flexibility index (Phi) is 4.90. The van der Waals surface area contributed by atoms with Crippen molar-refractivity contribution in [1.82, 2.24) is 19.9 Å². The number of ether oxygens (including phenoxy) is 3. The van der Waals surface area contributed by atoms with Gasteiger partial charge in [0.15, 0.2) is 0 Å². The molecule has 1 amide bonds. The van der Waals surface area contributed by atoms with Crippen molar-refractivity contribution in [1.29, 1.82) is 0 Å². The van der Waals surface area contributed by atoms with E-state index in [1.807, 2.05) is 24.0 Å².